The second-order valence-corrected chi connectivity index (χ2v) is 4.38. The molecule has 0 aliphatic heterocycles. The monoisotopic (exact) mass is 218 g/mol. The summed E-state index contributed by atoms with van der Waals surface area (Å²) < 4.78 is 5.65. The van der Waals surface area contributed by atoms with Gasteiger partial charge in [-0.2, -0.15) is 0 Å². The molecule has 1 fully saturated rings. The maximum atomic E-state index is 9.47. The lowest BCUT2D eigenvalue weighted by Crippen LogP contribution is -2.42. The normalized spacial score (nSPS) is 28.4. The Morgan fingerprint density at radius 3 is 2.75 bits per heavy atom. The molecular formula is C14H18O2. The molecule has 0 unspecified atom stereocenters. The van der Waals surface area contributed by atoms with E-state index in [0.717, 1.165) is 6.42 Å². The molecule has 3 atom stereocenters. The quantitative estimate of drug-likeness (QED) is 0.769. The predicted molar refractivity (Wildman–Crippen MR) is 63.9 cm³/mol. The van der Waals surface area contributed by atoms with Gasteiger partial charge in [-0.15, -0.1) is 6.58 Å². The molecule has 2 heteroatoms. The summed E-state index contributed by atoms with van der Waals surface area (Å²) in [5, 5.41) is 9.47. The molecular weight excluding hydrogens is 200 g/mol. The van der Waals surface area contributed by atoms with Gasteiger partial charge in [-0.25, -0.2) is 0 Å². The third kappa shape index (κ3) is 2.52. The number of rotatable bonds is 5. The van der Waals surface area contributed by atoms with Crippen LogP contribution in [0.5, 0.6) is 0 Å². The first-order valence-corrected chi connectivity index (χ1v) is 5.73. The number of ether oxygens (including phenoxy) is 1. The summed E-state index contributed by atoms with van der Waals surface area (Å²) in [6.07, 6.45) is 2.47. The van der Waals surface area contributed by atoms with Gasteiger partial charge in [0.2, 0.25) is 0 Å². The molecule has 86 valence electrons. The lowest BCUT2D eigenvalue weighted by atomic mass is 9.71. The lowest BCUT2D eigenvalue weighted by molar-refractivity contribution is -0.0520. The fraction of sp³-hybridized carbons (Fsp3) is 0.429. The topological polar surface area (TPSA) is 29.5 Å². The molecule has 16 heavy (non-hydrogen) atoms. The molecule has 2 nitrogen and oxygen atoms in total. The van der Waals surface area contributed by atoms with Crippen LogP contribution in [0.2, 0.25) is 0 Å². The Balaban J connectivity index is 1.71. The highest BCUT2D eigenvalue weighted by Gasteiger charge is 2.37. The second-order valence-electron chi connectivity index (χ2n) is 4.38. The van der Waals surface area contributed by atoms with Gasteiger partial charge in [0.05, 0.1) is 19.3 Å². The van der Waals surface area contributed by atoms with E-state index in [0.29, 0.717) is 19.1 Å². The molecule has 0 aromatic heterocycles. The van der Waals surface area contributed by atoms with Gasteiger partial charge in [0, 0.05) is 5.92 Å². The molecule has 0 spiro atoms. The second kappa shape index (κ2) is 5.28. The lowest BCUT2D eigenvalue weighted by Gasteiger charge is -2.39. The molecule has 1 N–H and O–H groups in total. The largest absolute Gasteiger partial charge is 0.392 e. The molecule has 1 aromatic carbocycles. The summed E-state index contributed by atoms with van der Waals surface area (Å²) in [6.45, 7) is 5.10. The fourth-order valence-electron chi connectivity index (χ4n) is 2.17. The maximum Gasteiger partial charge on any atom is 0.0717 e. The summed E-state index contributed by atoms with van der Waals surface area (Å²) in [5.41, 5.74) is 1.19. The minimum atomic E-state index is -0.206. The Hall–Kier alpha value is -1.12. The minimum Gasteiger partial charge on any atom is -0.392 e. The summed E-state index contributed by atoms with van der Waals surface area (Å²) >= 11 is 0. The van der Waals surface area contributed by atoms with Crippen molar-refractivity contribution in [3.05, 3.63) is 48.6 Å². The summed E-state index contributed by atoms with van der Waals surface area (Å²) in [6, 6.07) is 10.1. The minimum absolute atomic E-state index is 0.206. The van der Waals surface area contributed by atoms with Crippen LogP contribution in [-0.4, -0.2) is 17.8 Å². The molecule has 1 aromatic rings. The first-order valence-electron chi connectivity index (χ1n) is 5.73. The van der Waals surface area contributed by atoms with Gasteiger partial charge in [0.15, 0.2) is 0 Å². The number of benzene rings is 1. The first-order chi connectivity index (χ1) is 7.81. The zero-order chi connectivity index (χ0) is 11.4. The van der Waals surface area contributed by atoms with Crippen LogP contribution in [0.1, 0.15) is 12.0 Å². The molecule has 0 heterocycles. The van der Waals surface area contributed by atoms with Gasteiger partial charge < -0.3 is 9.84 Å². The summed E-state index contributed by atoms with van der Waals surface area (Å²) in [4.78, 5) is 0. The Labute approximate surface area is 96.6 Å². The van der Waals surface area contributed by atoms with Gasteiger partial charge in [0.1, 0.15) is 0 Å². The van der Waals surface area contributed by atoms with Crippen LogP contribution in [0.3, 0.4) is 0 Å². The van der Waals surface area contributed by atoms with Crippen LogP contribution < -0.4 is 0 Å². The van der Waals surface area contributed by atoms with Gasteiger partial charge in [-0.3, -0.25) is 0 Å². The highest BCUT2D eigenvalue weighted by molar-refractivity contribution is 5.13. The van der Waals surface area contributed by atoms with Crippen molar-refractivity contribution >= 4 is 0 Å². The van der Waals surface area contributed by atoms with Crippen molar-refractivity contribution in [2.45, 2.75) is 19.1 Å². The Kier molecular flexibility index (Phi) is 3.75. The smallest absolute Gasteiger partial charge is 0.0717 e. The van der Waals surface area contributed by atoms with Crippen LogP contribution in [-0.2, 0) is 11.3 Å². The molecule has 1 saturated carbocycles. The van der Waals surface area contributed by atoms with E-state index in [1.54, 1.807) is 0 Å². The predicted octanol–water partition coefficient (Wildman–Crippen LogP) is 2.39. The highest BCUT2D eigenvalue weighted by atomic mass is 16.5. The van der Waals surface area contributed by atoms with E-state index in [9.17, 15) is 5.11 Å². The van der Waals surface area contributed by atoms with Crippen molar-refractivity contribution in [1.82, 2.24) is 0 Å². The SMILES string of the molecule is C=C[C@@H]1[C@@H](COCc2ccccc2)C[C@@H]1O. The van der Waals surface area contributed by atoms with E-state index < -0.39 is 0 Å². The Bertz CT molecular complexity index is 334. The number of hydrogen-bond donors (Lipinski definition) is 1. The van der Waals surface area contributed by atoms with Crippen LogP contribution >= 0.6 is 0 Å². The molecule has 1 aliphatic carbocycles. The number of aliphatic hydroxyl groups is 1. The van der Waals surface area contributed by atoms with Crippen LogP contribution in [0.25, 0.3) is 0 Å². The van der Waals surface area contributed by atoms with E-state index in [1.165, 1.54) is 5.56 Å². The third-order valence-electron chi connectivity index (χ3n) is 3.25. The van der Waals surface area contributed by atoms with Crippen LogP contribution in [0.4, 0.5) is 0 Å². The number of aliphatic hydroxyl groups excluding tert-OH is 1. The van der Waals surface area contributed by atoms with Gasteiger partial charge in [0.25, 0.3) is 0 Å². The van der Waals surface area contributed by atoms with Crippen molar-refractivity contribution in [2.75, 3.05) is 6.61 Å². The highest BCUT2D eigenvalue weighted by Crippen LogP contribution is 2.35. The van der Waals surface area contributed by atoms with Gasteiger partial charge in [-0.1, -0.05) is 36.4 Å². The summed E-state index contributed by atoms with van der Waals surface area (Å²) in [5.74, 6) is 0.659. The zero-order valence-electron chi connectivity index (χ0n) is 9.38. The number of hydrogen-bond acceptors (Lipinski definition) is 2. The zero-order valence-corrected chi connectivity index (χ0v) is 9.38. The summed E-state index contributed by atoms with van der Waals surface area (Å²) in [7, 11) is 0. The van der Waals surface area contributed by atoms with E-state index >= 15 is 0 Å². The van der Waals surface area contributed by atoms with Crippen molar-refractivity contribution in [2.24, 2.45) is 11.8 Å². The van der Waals surface area contributed by atoms with Crippen LogP contribution in [0.15, 0.2) is 43.0 Å². The standard InChI is InChI=1S/C14H18O2/c1-2-13-12(8-14(13)15)10-16-9-11-6-4-3-5-7-11/h2-7,12-15H,1,8-10H2/t12-,13-,14+/m1/s1. The van der Waals surface area contributed by atoms with E-state index in [-0.39, 0.29) is 12.0 Å². The van der Waals surface area contributed by atoms with Gasteiger partial charge >= 0.3 is 0 Å². The molecule has 1 aliphatic rings. The molecule has 0 saturated heterocycles. The van der Waals surface area contributed by atoms with Crippen molar-refractivity contribution in [3.8, 4) is 0 Å². The van der Waals surface area contributed by atoms with Crippen LogP contribution in [0, 0.1) is 11.8 Å². The molecule has 0 amide bonds. The molecule has 0 radical (unpaired) electrons. The van der Waals surface area contributed by atoms with E-state index in [1.807, 2.05) is 24.3 Å². The van der Waals surface area contributed by atoms with E-state index in [2.05, 4.69) is 18.7 Å². The average molecular weight is 218 g/mol. The first kappa shape index (κ1) is 11.4. The fourth-order valence-corrected chi connectivity index (χ4v) is 2.17. The maximum absolute atomic E-state index is 9.47. The Morgan fingerprint density at radius 2 is 2.12 bits per heavy atom. The molecule has 2 rings (SSSR count). The average Bonchev–Trinajstić information content (AvgIpc) is 2.29. The van der Waals surface area contributed by atoms with Gasteiger partial charge in [-0.05, 0) is 17.9 Å². The third-order valence-corrected chi connectivity index (χ3v) is 3.25. The van der Waals surface area contributed by atoms with Crippen molar-refractivity contribution < 1.29 is 9.84 Å². The molecule has 0 bridgehead atoms. The van der Waals surface area contributed by atoms with Crippen molar-refractivity contribution in [3.63, 3.8) is 0 Å². The van der Waals surface area contributed by atoms with E-state index in [4.69, 9.17) is 4.74 Å². The van der Waals surface area contributed by atoms with Crippen molar-refractivity contribution in [1.29, 1.82) is 0 Å². The Morgan fingerprint density at radius 1 is 1.38 bits per heavy atom.